The molecular formula is C20H24FN3O7. The number of halogens is 1. The zero-order chi connectivity index (χ0) is 21.5. The molecule has 11 heteroatoms. The number of carbonyl (C=O) groups is 1. The molecule has 0 aliphatic carbocycles. The third-order valence-corrected chi connectivity index (χ3v) is 5.60. The molecule has 31 heavy (non-hydrogen) atoms. The molecule has 1 aromatic carbocycles. The molecule has 0 N–H and O–H groups in total. The Hall–Kier alpha value is -2.47. The first kappa shape index (κ1) is 20.4. The lowest BCUT2D eigenvalue weighted by Gasteiger charge is -2.34. The van der Waals surface area contributed by atoms with Crippen LogP contribution in [0.2, 0.25) is 0 Å². The Morgan fingerprint density at radius 2 is 2.03 bits per heavy atom. The van der Waals surface area contributed by atoms with Crippen molar-refractivity contribution < 1.29 is 37.4 Å². The molecule has 0 radical (unpaired) electrons. The average molecular weight is 437 g/mol. The topological polar surface area (TPSA) is 95.7 Å². The fourth-order valence-corrected chi connectivity index (χ4v) is 4.26. The molecule has 2 aromatic rings. The van der Waals surface area contributed by atoms with Crippen LogP contribution in [0, 0.1) is 5.82 Å². The number of anilines is 2. The van der Waals surface area contributed by atoms with Gasteiger partial charge in [-0.05, 0) is 13.0 Å². The van der Waals surface area contributed by atoms with Crippen molar-refractivity contribution in [1.82, 2.24) is 5.16 Å². The van der Waals surface area contributed by atoms with Crippen molar-refractivity contribution in [3.8, 4) is 0 Å². The van der Waals surface area contributed by atoms with E-state index in [-0.39, 0.29) is 30.7 Å². The first-order valence-corrected chi connectivity index (χ1v) is 10.3. The second-order valence-corrected chi connectivity index (χ2v) is 7.78. The minimum atomic E-state index is -0.721. The number of rotatable bonds is 5. The van der Waals surface area contributed by atoms with Gasteiger partial charge in [0.25, 0.3) is 0 Å². The Morgan fingerprint density at radius 3 is 2.77 bits per heavy atom. The second kappa shape index (κ2) is 8.23. The molecular weight excluding hydrogens is 413 g/mol. The molecule has 3 fully saturated rings. The number of morpholine rings is 1. The van der Waals surface area contributed by atoms with E-state index in [4.69, 9.17) is 28.2 Å². The molecule has 0 spiro atoms. The van der Waals surface area contributed by atoms with Crippen molar-refractivity contribution in [2.75, 3.05) is 63.0 Å². The molecule has 0 saturated carbocycles. The molecule has 4 heterocycles. The smallest absolute Gasteiger partial charge is 0.416 e. The summed E-state index contributed by atoms with van der Waals surface area (Å²) < 4.78 is 48.5. The van der Waals surface area contributed by atoms with Gasteiger partial charge in [0.15, 0.2) is 17.9 Å². The third-order valence-electron chi connectivity index (χ3n) is 5.60. The average Bonchev–Trinajstić information content (AvgIpc) is 3.48. The van der Waals surface area contributed by atoms with Crippen molar-refractivity contribution in [1.29, 1.82) is 0 Å². The third kappa shape index (κ3) is 3.61. The summed E-state index contributed by atoms with van der Waals surface area (Å²) >= 11 is 0. The van der Waals surface area contributed by atoms with Crippen molar-refractivity contribution >= 4 is 28.6 Å². The zero-order valence-corrected chi connectivity index (χ0v) is 17.3. The predicted molar refractivity (Wildman–Crippen MR) is 106 cm³/mol. The first-order valence-electron chi connectivity index (χ1n) is 10.3. The van der Waals surface area contributed by atoms with Gasteiger partial charge >= 0.3 is 6.09 Å². The molecule has 3 saturated heterocycles. The fourth-order valence-electron chi connectivity index (χ4n) is 4.26. The van der Waals surface area contributed by atoms with Crippen LogP contribution in [-0.2, 0) is 23.7 Å². The van der Waals surface area contributed by atoms with Crippen LogP contribution in [0.1, 0.15) is 18.8 Å². The summed E-state index contributed by atoms with van der Waals surface area (Å²) in [6.07, 6.45) is -1.80. The van der Waals surface area contributed by atoms with E-state index in [0.29, 0.717) is 49.5 Å². The Bertz CT molecular complexity index is 977. The lowest BCUT2D eigenvalue weighted by Crippen LogP contribution is -2.42. The van der Waals surface area contributed by atoms with Crippen molar-refractivity contribution in [3.63, 3.8) is 0 Å². The number of cyclic esters (lactones) is 1. The number of ether oxygens (including phenoxy) is 5. The maximum Gasteiger partial charge on any atom is 0.416 e. The molecule has 0 bridgehead atoms. The van der Waals surface area contributed by atoms with E-state index in [1.165, 1.54) is 12.0 Å². The number of aromatic nitrogens is 1. The number of benzene rings is 1. The number of fused-ring (bicyclic) bond motifs is 1. The van der Waals surface area contributed by atoms with E-state index in [9.17, 15) is 4.79 Å². The minimum Gasteiger partial charge on any atom is -0.441 e. The molecule has 2 atom stereocenters. The van der Waals surface area contributed by atoms with Gasteiger partial charge in [-0.15, -0.1) is 0 Å². The van der Waals surface area contributed by atoms with Gasteiger partial charge in [0.05, 0.1) is 50.1 Å². The highest BCUT2D eigenvalue weighted by molar-refractivity contribution is 6.00. The van der Waals surface area contributed by atoms with Crippen molar-refractivity contribution in [2.45, 2.75) is 25.4 Å². The van der Waals surface area contributed by atoms with E-state index in [1.807, 2.05) is 11.8 Å². The normalized spacial score (nSPS) is 25.1. The molecule has 168 valence electrons. The Morgan fingerprint density at radius 1 is 1.23 bits per heavy atom. The quantitative estimate of drug-likeness (QED) is 0.698. The SMILES string of the molecule is COC[C@H]1CN(c2noc3c(F)c(N4CCO[C@H](C)C4)c(C4OCCO4)cc23)C(=O)O1. The van der Waals surface area contributed by atoms with Crippen LogP contribution >= 0.6 is 0 Å². The van der Waals surface area contributed by atoms with E-state index in [0.717, 1.165) is 0 Å². The second-order valence-electron chi connectivity index (χ2n) is 7.78. The van der Waals surface area contributed by atoms with Gasteiger partial charge in [-0.3, -0.25) is 4.90 Å². The number of nitrogens with zero attached hydrogens (tertiary/aromatic N) is 3. The van der Waals surface area contributed by atoms with Crippen molar-refractivity contribution in [2.24, 2.45) is 0 Å². The van der Waals surface area contributed by atoms with Gasteiger partial charge in [-0.1, -0.05) is 5.16 Å². The van der Waals surface area contributed by atoms with E-state index in [2.05, 4.69) is 5.16 Å². The van der Waals surface area contributed by atoms with Crippen LogP contribution in [0.15, 0.2) is 10.6 Å². The summed E-state index contributed by atoms with van der Waals surface area (Å²) in [4.78, 5) is 15.6. The van der Waals surface area contributed by atoms with Crippen LogP contribution in [0.4, 0.5) is 20.7 Å². The molecule has 0 unspecified atom stereocenters. The largest absolute Gasteiger partial charge is 0.441 e. The van der Waals surface area contributed by atoms with Gasteiger partial charge in [0.2, 0.25) is 5.58 Å². The summed E-state index contributed by atoms with van der Waals surface area (Å²) in [5.74, 6) is -0.376. The summed E-state index contributed by atoms with van der Waals surface area (Å²) in [6.45, 7) is 4.75. The maximum atomic E-state index is 15.8. The summed E-state index contributed by atoms with van der Waals surface area (Å²) in [6, 6.07) is 1.73. The van der Waals surface area contributed by atoms with Crippen molar-refractivity contribution in [3.05, 3.63) is 17.4 Å². The molecule has 3 aliphatic heterocycles. The Labute approximate surface area is 177 Å². The van der Waals surface area contributed by atoms with Gasteiger partial charge in [0, 0.05) is 25.8 Å². The van der Waals surface area contributed by atoms with Gasteiger partial charge in [-0.2, -0.15) is 0 Å². The van der Waals surface area contributed by atoms with E-state index < -0.39 is 24.3 Å². The summed E-state index contributed by atoms with van der Waals surface area (Å²) in [7, 11) is 1.53. The predicted octanol–water partition coefficient (Wildman–Crippen LogP) is 2.21. The number of amides is 1. The summed E-state index contributed by atoms with van der Waals surface area (Å²) in [5, 5.41) is 4.35. The number of carbonyl (C=O) groups excluding carboxylic acids is 1. The van der Waals surface area contributed by atoms with Crippen LogP contribution in [-0.4, -0.2) is 76.6 Å². The van der Waals surface area contributed by atoms with Crippen LogP contribution in [0.3, 0.4) is 0 Å². The molecule has 1 aromatic heterocycles. The van der Waals surface area contributed by atoms with Gasteiger partial charge < -0.3 is 33.1 Å². The Kier molecular flexibility index (Phi) is 5.42. The van der Waals surface area contributed by atoms with E-state index in [1.54, 1.807) is 6.07 Å². The highest BCUT2D eigenvalue weighted by Gasteiger charge is 2.38. The number of hydrogen-bond donors (Lipinski definition) is 0. The number of methoxy groups -OCH3 is 1. The van der Waals surface area contributed by atoms with E-state index >= 15 is 4.39 Å². The summed E-state index contributed by atoms with van der Waals surface area (Å²) in [5.41, 5.74) is 0.842. The van der Waals surface area contributed by atoms with Crippen LogP contribution in [0.25, 0.3) is 11.0 Å². The van der Waals surface area contributed by atoms with Crippen LogP contribution < -0.4 is 9.80 Å². The first-order chi connectivity index (χ1) is 15.1. The van der Waals surface area contributed by atoms with Gasteiger partial charge in [0.1, 0.15) is 6.10 Å². The Balaban J connectivity index is 1.60. The molecule has 1 amide bonds. The zero-order valence-electron chi connectivity index (χ0n) is 17.3. The molecule has 3 aliphatic rings. The lowest BCUT2D eigenvalue weighted by atomic mass is 10.1. The standard InChI is InChI=1S/C20H24FN3O7/c1-11-8-23(3-4-27-11)16-13(19-28-5-6-29-19)7-14-17(15(16)21)31-22-18(14)24-9-12(10-26-2)30-20(24)25/h7,11-12,19H,3-6,8-10H2,1-2H3/t11-,12-/m1/s1. The maximum absolute atomic E-state index is 15.8. The monoisotopic (exact) mass is 437 g/mol. The molecule has 5 rings (SSSR count). The van der Waals surface area contributed by atoms with Gasteiger partial charge in [-0.25, -0.2) is 9.18 Å². The number of hydrogen-bond acceptors (Lipinski definition) is 9. The molecule has 10 nitrogen and oxygen atoms in total. The lowest BCUT2D eigenvalue weighted by molar-refractivity contribution is -0.0440. The van der Waals surface area contributed by atoms with Crippen LogP contribution in [0.5, 0.6) is 0 Å². The fraction of sp³-hybridized carbons (Fsp3) is 0.600. The highest BCUT2D eigenvalue weighted by atomic mass is 19.1. The highest BCUT2D eigenvalue weighted by Crippen LogP contribution is 2.42. The minimum absolute atomic E-state index is 0.0334.